The van der Waals surface area contributed by atoms with Crippen LogP contribution in [0.2, 0.25) is 0 Å². The molecular formula is C14H15FN2OS. The van der Waals surface area contributed by atoms with Crippen LogP contribution in [0.5, 0.6) is 5.75 Å². The summed E-state index contributed by atoms with van der Waals surface area (Å²) in [6.07, 6.45) is 2.28. The predicted molar refractivity (Wildman–Crippen MR) is 74.0 cm³/mol. The standard InChI is InChI=1S/C14H15FN2OS/c1-18-9-4-5-10(11(15)7-9)14-17-13(8-19-14)12-3-2-6-16-12/h4-5,7-8,12,16H,2-3,6H2,1H3/t12-/m0/s1. The lowest BCUT2D eigenvalue weighted by Gasteiger charge is -2.05. The number of methoxy groups -OCH3 is 1. The molecule has 1 aromatic carbocycles. The molecule has 1 fully saturated rings. The average molecular weight is 278 g/mol. The maximum absolute atomic E-state index is 14.0. The first-order valence-corrected chi connectivity index (χ1v) is 7.18. The second-order valence-electron chi connectivity index (χ2n) is 4.57. The minimum atomic E-state index is -0.292. The Labute approximate surface area is 115 Å². The molecule has 1 aromatic heterocycles. The zero-order valence-corrected chi connectivity index (χ0v) is 11.5. The Hall–Kier alpha value is -1.46. The van der Waals surface area contributed by atoms with E-state index in [0.717, 1.165) is 23.7 Å². The maximum atomic E-state index is 14.0. The van der Waals surface area contributed by atoms with Crippen LogP contribution in [0.3, 0.4) is 0 Å². The molecule has 1 atom stereocenters. The van der Waals surface area contributed by atoms with E-state index < -0.39 is 0 Å². The number of ether oxygens (including phenoxy) is 1. The van der Waals surface area contributed by atoms with E-state index in [1.807, 2.05) is 5.38 Å². The molecule has 0 aliphatic carbocycles. The number of halogens is 1. The molecule has 1 saturated heterocycles. The molecule has 0 amide bonds. The number of hydrogen-bond donors (Lipinski definition) is 1. The van der Waals surface area contributed by atoms with Gasteiger partial charge in [0.05, 0.1) is 18.8 Å². The first kappa shape index (κ1) is 12.6. The number of hydrogen-bond acceptors (Lipinski definition) is 4. The van der Waals surface area contributed by atoms with E-state index in [-0.39, 0.29) is 5.82 Å². The lowest BCUT2D eigenvalue weighted by molar-refractivity contribution is 0.411. The summed E-state index contributed by atoms with van der Waals surface area (Å²) < 4.78 is 19.0. The largest absolute Gasteiger partial charge is 0.497 e. The molecule has 0 saturated carbocycles. The van der Waals surface area contributed by atoms with Gasteiger partial charge in [-0.05, 0) is 31.5 Å². The van der Waals surface area contributed by atoms with Gasteiger partial charge in [0.2, 0.25) is 0 Å². The van der Waals surface area contributed by atoms with E-state index in [9.17, 15) is 4.39 Å². The van der Waals surface area contributed by atoms with Crippen LogP contribution in [0.4, 0.5) is 4.39 Å². The van der Waals surface area contributed by atoms with Crippen LogP contribution in [0.1, 0.15) is 24.6 Å². The van der Waals surface area contributed by atoms with Gasteiger partial charge in [0.15, 0.2) is 0 Å². The van der Waals surface area contributed by atoms with Crippen LogP contribution in [-0.4, -0.2) is 18.6 Å². The van der Waals surface area contributed by atoms with E-state index in [4.69, 9.17) is 4.74 Å². The number of nitrogens with zero attached hydrogens (tertiary/aromatic N) is 1. The predicted octanol–water partition coefficient (Wildman–Crippen LogP) is 3.38. The Morgan fingerprint density at radius 3 is 3.05 bits per heavy atom. The number of rotatable bonds is 3. The van der Waals surface area contributed by atoms with Gasteiger partial charge in [-0.25, -0.2) is 9.37 Å². The molecule has 0 bridgehead atoms. The summed E-state index contributed by atoms with van der Waals surface area (Å²) in [5.41, 5.74) is 1.56. The Morgan fingerprint density at radius 1 is 1.47 bits per heavy atom. The molecule has 5 heteroatoms. The molecule has 100 valence electrons. The van der Waals surface area contributed by atoms with Gasteiger partial charge in [-0.15, -0.1) is 11.3 Å². The molecule has 0 spiro atoms. The van der Waals surface area contributed by atoms with Crippen molar-refractivity contribution >= 4 is 11.3 Å². The summed E-state index contributed by atoms with van der Waals surface area (Å²) in [4.78, 5) is 4.55. The molecule has 19 heavy (non-hydrogen) atoms. The van der Waals surface area contributed by atoms with Crippen molar-refractivity contribution in [1.82, 2.24) is 10.3 Å². The highest BCUT2D eigenvalue weighted by Gasteiger charge is 2.20. The topological polar surface area (TPSA) is 34.1 Å². The van der Waals surface area contributed by atoms with Crippen molar-refractivity contribution in [2.45, 2.75) is 18.9 Å². The summed E-state index contributed by atoms with van der Waals surface area (Å²) >= 11 is 1.49. The summed E-state index contributed by atoms with van der Waals surface area (Å²) in [5, 5.41) is 6.14. The molecule has 0 radical (unpaired) electrons. The summed E-state index contributed by atoms with van der Waals surface area (Å²) in [6.45, 7) is 1.04. The Kier molecular flexibility index (Phi) is 3.48. The Balaban J connectivity index is 1.89. The van der Waals surface area contributed by atoms with Crippen molar-refractivity contribution in [3.63, 3.8) is 0 Å². The van der Waals surface area contributed by atoms with Crippen LogP contribution in [0.25, 0.3) is 10.6 Å². The van der Waals surface area contributed by atoms with Crippen LogP contribution in [-0.2, 0) is 0 Å². The zero-order valence-electron chi connectivity index (χ0n) is 10.6. The molecule has 1 aliphatic heterocycles. The second-order valence-corrected chi connectivity index (χ2v) is 5.43. The van der Waals surface area contributed by atoms with E-state index in [1.54, 1.807) is 12.1 Å². The normalized spacial score (nSPS) is 18.7. The van der Waals surface area contributed by atoms with Gasteiger partial charge in [0.25, 0.3) is 0 Å². The highest BCUT2D eigenvalue weighted by molar-refractivity contribution is 7.13. The maximum Gasteiger partial charge on any atom is 0.137 e. The molecule has 3 rings (SSSR count). The third kappa shape index (κ3) is 2.48. The number of nitrogens with one attached hydrogen (secondary N) is 1. The van der Waals surface area contributed by atoms with Crippen molar-refractivity contribution in [1.29, 1.82) is 0 Å². The summed E-state index contributed by atoms with van der Waals surface area (Å²) in [7, 11) is 1.53. The van der Waals surface area contributed by atoms with E-state index >= 15 is 0 Å². The minimum absolute atomic E-state index is 0.292. The van der Waals surface area contributed by atoms with Crippen LogP contribution >= 0.6 is 11.3 Å². The van der Waals surface area contributed by atoms with E-state index in [1.165, 1.54) is 30.9 Å². The lowest BCUT2D eigenvalue weighted by atomic mass is 10.2. The Morgan fingerprint density at radius 2 is 2.37 bits per heavy atom. The highest BCUT2D eigenvalue weighted by Crippen LogP contribution is 2.32. The Bertz CT molecular complexity index is 579. The fourth-order valence-corrected chi connectivity index (χ4v) is 3.20. The number of aromatic nitrogens is 1. The third-order valence-electron chi connectivity index (χ3n) is 3.35. The van der Waals surface area contributed by atoms with Crippen LogP contribution < -0.4 is 10.1 Å². The number of thiazole rings is 1. The number of benzene rings is 1. The SMILES string of the molecule is COc1ccc(-c2nc([C@@H]3CCCN3)cs2)c(F)c1. The molecule has 2 heterocycles. The first-order valence-electron chi connectivity index (χ1n) is 6.30. The molecule has 2 aromatic rings. The summed E-state index contributed by atoms with van der Waals surface area (Å²) in [6, 6.07) is 5.20. The van der Waals surface area contributed by atoms with Gasteiger partial charge in [-0.2, -0.15) is 0 Å². The van der Waals surface area contributed by atoms with Gasteiger partial charge in [0, 0.05) is 17.0 Å². The van der Waals surface area contributed by atoms with Crippen molar-refractivity contribution in [3.8, 4) is 16.3 Å². The molecule has 0 unspecified atom stereocenters. The second kappa shape index (κ2) is 5.27. The van der Waals surface area contributed by atoms with E-state index in [0.29, 0.717) is 17.4 Å². The van der Waals surface area contributed by atoms with Gasteiger partial charge in [-0.1, -0.05) is 0 Å². The van der Waals surface area contributed by atoms with Gasteiger partial charge >= 0.3 is 0 Å². The van der Waals surface area contributed by atoms with E-state index in [2.05, 4.69) is 10.3 Å². The molecular weight excluding hydrogens is 263 g/mol. The van der Waals surface area contributed by atoms with Gasteiger partial charge in [0.1, 0.15) is 16.6 Å². The van der Waals surface area contributed by atoms with Crippen molar-refractivity contribution in [2.24, 2.45) is 0 Å². The third-order valence-corrected chi connectivity index (χ3v) is 4.24. The fourth-order valence-electron chi connectivity index (χ4n) is 2.30. The van der Waals surface area contributed by atoms with Crippen molar-refractivity contribution in [2.75, 3.05) is 13.7 Å². The minimum Gasteiger partial charge on any atom is -0.497 e. The van der Waals surface area contributed by atoms with Gasteiger partial charge < -0.3 is 10.1 Å². The molecule has 1 aliphatic rings. The smallest absolute Gasteiger partial charge is 0.137 e. The summed E-state index contributed by atoms with van der Waals surface area (Å²) in [5.74, 6) is 0.232. The molecule has 1 N–H and O–H groups in total. The quantitative estimate of drug-likeness (QED) is 0.934. The van der Waals surface area contributed by atoms with Crippen molar-refractivity contribution < 1.29 is 9.13 Å². The highest BCUT2D eigenvalue weighted by atomic mass is 32.1. The van der Waals surface area contributed by atoms with Gasteiger partial charge in [-0.3, -0.25) is 0 Å². The van der Waals surface area contributed by atoms with Crippen molar-refractivity contribution in [3.05, 3.63) is 35.1 Å². The lowest BCUT2D eigenvalue weighted by Crippen LogP contribution is -2.12. The fraction of sp³-hybridized carbons (Fsp3) is 0.357. The molecule has 3 nitrogen and oxygen atoms in total. The zero-order chi connectivity index (χ0) is 13.2. The van der Waals surface area contributed by atoms with Crippen LogP contribution in [0.15, 0.2) is 23.6 Å². The van der Waals surface area contributed by atoms with Crippen LogP contribution in [0, 0.1) is 5.82 Å². The monoisotopic (exact) mass is 278 g/mol. The first-order chi connectivity index (χ1) is 9.28. The average Bonchev–Trinajstić information content (AvgIpc) is 3.09.